The molecule has 0 unspecified atom stereocenters. The summed E-state index contributed by atoms with van der Waals surface area (Å²) in [5.74, 6) is 6.40. The van der Waals surface area contributed by atoms with Crippen molar-refractivity contribution in [1.29, 1.82) is 0 Å². The Balaban J connectivity index is 1.35. The van der Waals surface area contributed by atoms with Crippen molar-refractivity contribution in [2.45, 2.75) is 114 Å². The summed E-state index contributed by atoms with van der Waals surface area (Å²) in [6, 6.07) is 17.1. The van der Waals surface area contributed by atoms with E-state index in [0.29, 0.717) is 30.9 Å². The van der Waals surface area contributed by atoms with Crippen LogP contribution in [0.15, 0.2) is 54.6 Å². The molecule has 0 radical (unpaired) electrons. The Hall–Kier alpha value is -4.03. The zero-order chi connectivity index (χ0) is 38.4. The Kier molecular flexibility index (Phi) is 10.7. The first-order valence-electron chi connectivity index (χ1n) is 20.8. The first-order valence-corrected chi connectivity index (χ1v) is 20.8. The summed E-state index contributed by atoms with van der Waals surface area (Å²) in [5.41, 5.74) is 3.86. The molecule has 8 nitrogen and oxygen atoms in total. The predicted molar refractivity (Wildman–Crippen MR) is 211 cm³/mol. The van der Waals surface area contributed by atoms with Crippen molar-refractivity contribution in [2.24, 2.45) is 35.5 Å². The SMILES string of the molecule is CCCCC[C@H]1C(=O)C[C@H](c2cc(OC)c(O)cc2CO)[C@H](Cc2ccccc2)C#C[C@@H]2CN[C@@H]3CC[C@@H]4CC[C@@H]5C[C@@H]4[C@]3(c3cc(O)c(O)cc35)[C@H]2[C@H]1O. The fourth-order valence-corrected chi connectivity index (χ4v) is 12.2. The van der Waals surface area contributed by atoms with Gasteiger partial charge in [0.2, 0.25) is 0 Å². The minimum Gasteiger partial charge on any atom is -0.504 e. The lowest BCUT2D eigenvalue weighted by atomic mass is 9.40. The van der Waals surface area contributed by atoms with Gasteiger partial charge in [0.1, 0.15) is 5.78 Å². The number of carbonyl (C=O) groups excluding carboxylic acids is 1. The van der Waals surface area contributed by atoms with Crippen LogP contribution in [0, 0.1) is 47.3 Å². The highest BCUT2D eigenvalue weighted by Gasteiger charge is 2.66. The lowest BCUT2D eigenvalue weighted by Gasteiger charge is -2.66. The van der Waals surface area contributed by atoms with Gasteiger partial charge in [0.05, 0.1) is 19.8 Å². The van der Waals surface area contributed by atoms with E-state index in [1.807, 2.05) is 18.2 Å². The molecule has 8 heteroatoms. The number of ether oxygens (including phenoxy) is 1. The number of hydrogen-bond donors (Lipinski definition) is 6. The van der Waals surface area contributed by atoms with Crippen molar-refractivity contribution >= 4 is 5.78 Å². The number of fused-ring (bicyclic) bond motifs is 4. The van der Waals surface area contributed by atoms with Crippen LogP contribution in [0.25, 0.3) is 0 Å². The molecule has 0 amide bonds. The molecule has 3 aromatic carbocycles. The highest BCUT2D eigenvalue weighted by atomic mass is 16.5. The molecule has 8 rings (SSSR count). The van der Waals surface area contributed by atoms with E-state index < -0.39 is 23.4 Å². The van der Waals surface area contributed by atoms with Crippen LogP contribution in [0.4, 0.5) is 0 Å². The molecule has 3 aromatic rings. The normalized spacial score (nSPS) is 33.6. The minimum atomic E-state index is -0.979. The molecule has 0 aromatic heterocycles. The number of piperidine rings is 1. The first-order chi connectivity index (χ1) is 26.7. The molecule has 2 saturated carbocycles. The predicted octanol–water partition coefficient (Wildman–Crippen LogP) is 7.23. The van der Waals surface area contributed by atoms with Gasteiger partial charge in [-0.15, -0.1) is 0 Å². The van der Waals surface area contributed by atoms with Gasteiger partial charge in [-0.05, 0) is 115 Å². The summed E-state index contributed by atoms with van der Waals surface area (Å²) >= 11 is 0. The van der Waals surface area contributed by atoms with Crippen LogP contribution in [0.3, 0.4) is 0 Å². The number of methoxy groups -OCH3 is 1. The standard InChI is InChI=1S/C47H57NO7/c1-3-4-6-11-33-39(50)21-34(35-23-43(55-2)42(53)20-32(35)26-49)29(18-27-9-7-5-8-10-27)14-15-31-25-48-44-17-16-28-12-13-30-19-37(28)47(44,45(31)46(33)54)38-24-41(52)40(51)22-36(30)38/h5,7-10,20,22-24,28-31,33-34,37,44-46,48-49,51-54H,3-4,6,11-13,16-19,21,25-26H2,1-2H3/t28-,29-,30+,31+,33-,34-,37-,44+,45+,46-,47+/m0/s1. The second-order valence-electron chi connectivity index (χ2n) is 17.2. The van der Waals surface area contributed by atoms with Gasteiger partial charge in [0, 0.05) is 54.0 Å². The summed E-state index contributed by atoms with van der Waals surface area (Å²) in [6.07, 6.45) is 8.17. The minimum absolute atomic E-state index is 0.00463. The topological polar surface area (TPSA) is 139 Å². The Bertz CT molecular complexity index is 1950. The van der Waals surface area contributed by atoms with Crippen LogP contribution in [-0.2, 0) is 23.2 Å². The Morgan fingerprint density at radius 2 is 1.71 bits per heavy atom. The molecule has 5 aliphatic rings. The van der Waals surface area contributed by atoms with Crippen molar-refractivity contribution in [3.8, 4) is 34.8 Å². The van der Waals surface area contributed by atoms with E-state index in [1.54, 1.807) is 18.2 Å². The number of aromatic hydroxyl groups is 3. The molecule has 3 fully saturated rings. The van der Waals surface area contributed by atoms with Crippen molar-refractivity contribution in [2.75, 3.05) is 13.7 Å². The number of hydrogen-bond acceptors (Lipinski definition) is 8. The molecule has 11 atom stereocenters. The van der Waals surface area contributed by atoms with Gasteiger partial charge in [-0.2, -0.15) is 0 Å². The maximum Gasteiger partial charge on any atom is 0.160 e. The Labute approximate surface area is 325 Å². The van der Waals surface area contributed by atoms with Crippen LogP contribution in [0.5, 0.6) is 23.0 Å². The number of rotatable bonds is 9. The van der Waals surface area contributed by atoms with Gasteiger partial charge in [0.25, 0.3) is 0 Å². The zero-order valence-corrected chi connectivity index (χ0v) is 32.2. The van der Waals surface area contributed by atoms with Crippen LogP contribution in [-0.4, -0.2) is 57.1 Å². The molecule has 4 aliphatic carbocycles. The third-order valence-corrected chi connectivity index (χ3v) is 14.6. The van der Waals surface area contributed by atoms with Crippen molar-refractivity contribution in [3.05, 3.63) is 82.4 Å². The third kappa shape index (κ3) is 6.50. The summed E-state index contributed by atoms with van der Waals surface area (Å²) in [6.45, 7) is 2.40. The number of nitrogens with one attached hydrogen (secondary N) is 1. The van der Waals surface area contributed by atoms with Gasteiger partial charge in [-0.1, -0.05) is 68.4 Å². The molecule has 1 saturated heterocycles. The van der Waals surface area contributed by atoms with E-state index in [2.05, 4.69) is 36.2 Å². The number of carbonyl (C=O) groups is 1. The molecule has 6 N–H and O–H groups in total. The highest BCUT2D eigenvalue weighted by Crippen LogP contribution is 2.66. The number of aliphatic hydroxyl groups excluding tert-OH is 2. The van der Waals surface area contributed by atoms with Crippen LogP contribution in [0.2, 0.25) is 0 Å². The number of ketones is 1. The van der Waals surface area contributed by atoms with Crippen molar-refractivity contribution < 1.29 is 35.1 Å². The van der Waals surface area contributed by atoms with Gasteiger partial charge < -0.3 is 35.6 Å². The van der Waals surface area contributed by atoms with E-state index in [1.165, 1.54) is 13.2 Å². The average Bonchev–Trinajstić information content (AvgIpc) is 3.20. The van der Waals surface area contributed by atoms with Gasteiger partial charge in [-0.25, -0.2) is 0 Å². The number of phenolic OH excluding ortho intramolecular Hbond substituents is 3. The van der Waals surface area contributed by atoms with Crippen molar-refractivity contribution in [3.63, 3.8) is 0 Å². The number of phenols is 3. The highest BCUT2D eigenvalue weighted by molar-refractivity contribution is 5.83. The molecule has 1 spiro atoms. The molecule has 292 valence electrons. The zero-order valence-electron chi connectivity index (χ0n) is 32.2. The van der Waals surface area contributed by atoms with E-state index in [-0.39, 0.29) is 77.4 Å². The second-order valence-corrected chi connectivity index (χ2v) is 17.2. The summed E-state index contributed by atoms with van der Waals surface area (Å²) < 4.78 is 5.56. The molecular formula is C47H57NO7. The van der Waals surface area contributed by atoms with Crippen LogP contribution < -0.4 is 10.1 Å². The third-order valence-electron chi connectivity index (χ3n) is 14.6. The number of benzene rings is 3. The number of Topliss-reactive ketones (excluding diaryl/α,β-unsaturated/α-hetero) is 1. The van der Waals surface area contributed by atoms with E-state index in [4.69, 9.17) is 4.74 Å². The van der Waals surface area contributed by atoms with Gasteiger partial charge >= 0.3 is 0 Å². The molecule has 1 aliphatic heterocycles. The number of unbranched alkanes of at least 4 members (excludes halogenated alkanes) is 2. The van der Waals surface area contributed by atoms with Gasteiger partial charge in [0.15, 0.2) is 23.0 Å². The largest absolute Gasteiger partial charge is 0.504 e. The lowest BCUT2D eigenvalue weighted by molar-refractivity contribution is -0.138. The summed E-state index contributed by atoms with van der Waals surface area (Å²) in [7, 11) is 1.50. The Morgan fingerprint density at radius 1 is 0.927 bits per heavy atom. The molecule has 2 bridgehead atoms. The maximum atomic E-state index is 15.3. The second kappa shape index (κ2) is 15.5. The van der Waals surface area contributed by atoms with E-state index in [0.717, 1.165) is 73.6 Å². The quantitative estimate of drug-likeness (QED) is 0.0766. The number of aliphatic hydroxyl groups is 2. The first kappa shape index (κ1) is 37.9. The average molecular weight is 748 g/mol. The van der Waals surface area contributed by atoms with E-state index >= 15 is 4.79 Å². The maximum absolute atomic E-state index is 15.3. The molecular weight excluding hydrogens is 691 g/mol. The summed E-state index contributed by atoms with van der Waals surface area (Å²) in [5, 5.41) is 60.5. The fraction of sp³-hybridized carbons (Fsp3) is 0.553. The lowest BCUT2D eigenvalue weighted by Crippen LogP contribution is -2.71. The molecule has 55 heavy (non-hydrogen) atoms. The van der Waals surface area contributed by atoms with Gasteiger partial charge in [-0.3, -0.25) is 4.79 Å². The summed E-state index contributed by atoms with van der Waals surface area (Å²) in [4.78, 5) is 15.3. The van der Waals surface area contributed by atoms with E-state index in [9.17, 15) is 25.5 Å². The monoisotopic (exact) mass is 747 g/mol. The van der Waals surface area contributed by atoms with Crippen LogP contribution >= 0.6 is 0 Å². The smallest absolute Gasteiger partial charge is 0.160 e. The molecule has 1 heterocycles. The van der Waals surface area contributed by atoms with Crippen molar-refractivity contribution in [1.82, 2.24) is 5.32 Å². The van der Waals surface area contributed by atoms with Crippen LogP contribution in [0.1, 0.15) is 111 Å². The Morgan fingerprint density at radius 3 is 2.47 bits per heavy atom. The fourth-order valence-electron chi connectivity index (χ4n) is 12.2.